The molecule has 9 nitrogen and oxygen atoms in total. The lowest BCUT2D eigenvalue weighted by Crippen LogP contribution is -2.14. The lowest BCUT2D eigenvalue weighted by atomic mass is 10.1. The Morgan fingerprint density at radius 2 is 1.84 bits per heavy atom. The van der Waals surface area contributed by atoms with Crippen molar-refractivity contribution in [2.45, 2.75) is 27.2 Å². The van der Waals surface area contributed by atoms with Crippen molar-refractivity contribution < 1.29 is 38.8 Å². The van der Waals surface area contributed by atoms with E-state index < -0.39 is 24.5 Å². The van der Waals surface area contributed by atoms with Crippen LogP contribution in [0.5, 0.6) is 11.5 Å². The first kappa shape index (κ1) is 24.0. The molecule has 1 aliphatic rings. The normalized spacial score (nSPS) is 16.0. The minimum atomic E-state index is -1.12. The second-order valence-electron chi connectivity index (χ2n) is 6.04. The minimum absolute atomic E-state index is 0.0699. The summed E-state index contributed by atoms with van der Waals surface area (Å²) < 4.78 is 15.7. The molecule has 166 valence electrons. The average Bonchev–Trinajstić information content (AvgIpc) is 3.02. The van der Waals surface area contributed by atoms with Crippen LogP contribution in [-0.4, -0.2) is 52.9 Å². The van der Waals surface area contributed by atoms with Gasteiger partial charge in [0.05, 0.1) is 18.1 Å². The fraction of sp³-hybridized carbons (Fsp3) is 0.333. The van der Waals surface area contributed by atoms with Gasteiger partial charge in [-0.1, -0.05) is 24.8 Å². The van der Waals surface area contributed by atoms with Crippen LogP contribution in [0.2, 0.25) is 0 Å². The van der Waals surface area contributed by atoms with E-state index in [1.165, 1.54) is 0 Å². The van der Waals surface area contributed by atoms with Gasteiger partial charge in [0.15, 0.2) is 18.1 Å². The van der Waals surface area contributed by atoms with Gasteiger partial charge >= 0.3 is 11.9 Å². The van der Waals surface area contributed by atoms with Crippen LogP contribution in [0.3, 0.4) is 0 Å². The first-order chi connectivity index (χ1) is 14.8. The van der Waals surface area contributed by atoms with Gasteiger partial charge in [0.25, 0.3) is 0 Å². The number of carboxylic acid groups (broad SMARTS) is 1. The van der Waals surface area contributed by atoms with Gasteiger partial charge in [-0.05, 0) is 37.6 Å². The first-order valence-electron chi connectivity index (χ1n) is 9.54. The summed E-state index contributed by atoms with van der Waals surface area (Å²) in [4.78, 5) is 39.0. The number of carboxylic acids is 1. The van der Waals surface area contributed by atoms with Gasteiger partial charge < -0.3 is 24.4 Å². The molecule has 2 rings (SSSR count). The SMILES string of the molecule is CCOC(=O)C1=C(O)/C(=C/c2ccc(OCC(=O)O)c(OCC)c2)SC1=NC(=O)CC. The first-order valence-corrected chi connectivity index (χ1v) is 10.4. The molecule has 1 heterocycles. The van der Waals surface area contributed by atoms with E-state index in [2.05, 4.69) is 4.99 Å². The molecule has 0 aliphatic carbocycles. The van der Waals surface area contributed by atoms with E-state index in [0.717, 1.165) is 11.8 Å². The second kappa shape index (κ2) is 11.2. The number of rotatable bonds is 9. The zero-order valence-corrected chi connectivity index (χ0v) is 18.2. The van der Waals surface area contributed by atoms with Crippen LogP contribution in [0, 0.1) is 0 Å². The third kappa shape index (κ3) is 6.35. The maximum absolute atomic E-state index is 12.3. The van der Waals surface area contributed by atoms with Gasteiger partial charge in [-0.3, -0.25) is 4.79 Å². The standard InChI is InChI=1S/C21H23NO8S/c1-4-16(23)22-20-18(21(27)29-6-3)19(26)15(31-20)10-12-7-8-13(30-11-17(24)25)14(9-12)28-5-2/h7-10,26H,4-6,11H2,1-3H3,(H,24,25)/b15-10-,22-20?. The Labute approximate surface area is 183 Å². The monoisotopic (exact) mass is 449 g/mol. The number of hydrogen-bond donors (Lipinski definition) is 2. The second-order valence-corrected chi connectivity index (χ2v) is 7.07. The maximum atomic E-state index is 12.3. The average molecular weight is 449 g/mol. The number of aliphatic carboxylic acids is 1. The predicted molar refractivity (Wildman–Crippen MR) is 115 cm³/mol. The van der Waals surface area contributed by atoms with Crippen LogP contribution in [-0.2, 0) is 19.1 Å². The van der Waals surface area contributed by atoms with Crippen molar-refractivity contribution in [2.24, 2.45) is 4.99 Å². The smallest absolute Gasteiger partial charge is 0.344 e. The molecule has 1 aromatic carbocycles. The summed E-state index contributed by atoms with van der Waals surface area (Å²) >= 11 is 0.973. The topological polar surface area (TPSA) is 132 Å². The molecule has 1 amide bonds. The number of ether oxygens (including phenoxy) is 3. The predicted octanol–water partition coefficient (Wildman–Crippen LogP) is 3.35. The highest BCUT2D eigenvalue weighted by Gasteiger charge is 2.33. The fourth-order valence-electron chi connectivity index (χ4n) is 2.48. The van der Waals surface area contributed by atoms with Crippen LogP contribution >= 0.6 is 11.8 Å². The number of nitrogens with zero attached hydrogens (tertiary/aromatic N) is 1. The van der Waals surface area contributed by atoms with Gasteiger partial charge in [0.1, 0.15) is 16.4 Å². The molecule has 0 saturated heterocycles. The third-order valence-corrected chi connectivity index (χ3v) is 4.84. The molecule has 1 aromatic rings. The Morgan fingerprint density at radius 1 is 1.10 bits per heavy atom. The molecular formula is C21H23NO8S. The van der Waals surface area contributed by atoms with Crippen LogP contribution in [0.15, 0.2) is 39.4 Å². The lowest BCUT2D eigenvalue weighted by molar-refractivity contribution is -0.139. The van der Waals surface area contributed by atoms with E-state index >= 15 is 0 Å². The van der Waals surface area contributed by atoms with Crippen molar-refractivity contribution in [1.29, 1.82) is 0 Å². The summed E-state index contributed by atoms with van der Waals surface area (Å²) in [5.74, 6) is -2.08. The van der Waals surface area contributed by atoms with E-state index in [1.54, 1.807) is 45.0 Å². The number of amides is 1. The Hall–Kier alpha value is -3.27. The van der Waals surface area contributed by atoms with E-state index in [0.29, 0.717) is 22.8 Å². The Kier molecular flexibility index (Phi) is 8.68. The third-order valence-electron chi connectivity index (χ3n) is 3.82. The van der Waals surface area contributed by atoms with Crippen molar-refractivity contribution in [3.63, 3.8) is 0 Å². The molecule has 0 spiro atoms. The number of aliphatic imine (C=N–C) groups is 1. The van der Waals surface area contributed by atoms with Gasteiger partial charge in [-0.2, -0.15) is 0 Å². The molecule has 0 saturated carbocycles. The fourth-order valence-corrected chi connectivity index (χ4v) is 3.51. The van der Waals surface area contributed by atoms with Crippen LogP contribution in [0.1, 0.15) is 32.8 Å². The molecule has 0 atom stereocenters. The summed E-state index contributed by atoms with van der Waals surface area (Å²) in [6, 6.07) is 4.79. The number of carbonyl (C=O) groups excluding carboxylic acids is 2. The van der Waals surface area contributed by atoms with Crippen molar-refractivity contribution in [2.75, 3.05) is 19.8 Å². The van der Waals surface area contributed by atoms with E-state index in [-0.39, 0.29) is 35.2 Å². The van der Waals surface area contributed by atoms with Crippen LogP contribution in [0.4, 0.5) is 0 Å². The number of hydrogen-bond acceptors (Lipinski definition) is 8. The minimum Gasteiger partial charge on any atom is -0.506 e. The molecule has 31 heavy (non-hydrogen) atoms. The Morgan fingerprint density at radius 3 is 2.45 bits per heavy atom. The summed E-state index contributed by atoms with van der Waals surface area (Å²) in [5, 5.41) is 19.5. The van der Waals surface area contributed by atoms with E-state index in [1.807, 2.05) is 0 Å². The number of aliphatic hydroxyl groups is 1. The van der Waals surface area contributed by atoms with E-state index in [4.69, 9.17) is 19.3 Å². The molecule has 0 bridgehead atoms. The largest absolute Gasteiger partial charge is 0.506 e. The summed E-state index contributed by atoms with van der Waals surface area (Å²) in [7, 11) is 0. The molecule has 0 aromatic heterocycles. The van der Waals surface area contributed by atoms with E-state index in [9.17, 15) is 19.5 Å². The molecule has 0 fully saturated rings. The Bertz CT molecular complexity index is 964. The van der Waals surface area contributed by atoms with Crippen molar-refractivity contribution in [3.05, 3.63) is 40.0 Å². The van der Waals surface area contributed by atoms with Crippen molar-refractivity contribution in [1.82, 2.24) is 0 Å². The molecule has 0 unspecified atom stereocenters. The lowest BCUT2D eigenvalue weighted by Gasteiger charge is -2.11. The number of carbonyl (C=O) groups is 3. The Balaban J connectivity index is 2.44. The highest BCUT2D eigenvalue weighted by Crippen LogP contribution is 2.40. The molecule has 10 heteroatoms. The summed E-state index contributed by atoms with van der Waals surface area (Å²) in [6.45, 7) is 4.95. The number of aliphatic hydroxyl groups excluding tert-OH is 1. The number of thioether (sulfide) groups is 1. The van der Waals surface area contributed by atoms with Gasteiger partial charge in [-0.15, -0.1) is 0 Å². The highest BCUT2D eigenvalue weighted by atomic mass is 32.2. The van der Waals surface area contributed by atoms with Gasteiger partial charge in [0, 0.05) is 6.42 Å². The molecule has 1 aliphatic heterocycles. The van der Waals surface area contributed by atoms with Crippen LogP contribution in [0.25, 0.3) is 6.08 Å². The summed E-state index contributed by atoms with van der Waals surface area (Å²) in [6.07, 6.45) is 1.73. The number of benzene rings is 1. The van der Waals surface area contributed by atoms with Gasteiger partial charge in [-0.25, -0.2) is 14.6 Å². The zero-order chi connectivity index (χ0) is 23.0. The zero-order valence-electron chi connectivity index (χ0n) is 17.3. The van der Waals surface area contributed by atoms with Crippen LogP contribution < -0.4 is 9.47 Å². The maximum Gasteiger partial charge on any atom is 0.344 e. The summed E-state index contributed by atoms with van der Waals surface area (Å²) in [5.41, 5.74) is 0.429. The van der Waals surface area contributed by atoms with Gasteiger partial charge in [0.2, 0.25) is 5.91 Å². The van der Waals surface area contributed by atoms with Crippen molar-refractivity contribution in [3.8, 4) is 11.5 Å². The van der Waals surface area contributed by atoms with Crippen molar-refractivity contribution >= 4 is 40.7 Å². The number of esters is 1. The molecular weight excluding hydrogens is 426 g/mol. The molecule has 2 N–H and O–H groups in total. The highest BCUT2D eigenvalue weighted by molar-refractivity contribution is 8.18. The quantitative estimate of drug-likeness (QED) is 0.545. The molecule has 0 radical (unpaired) electrons.